The molecule has 2 aliphatic rings. The average Bonchev–Trinajstić information content (AvgIpc) is 2.65. The van der Waals surface area contributed by atoms with Crippen molar-refractivity contribution in [3.8, 4) is 0 Å². The summed E-state index contributed by atoms with van der Waals surface area (Å²) in [6.45, 7) is 1.89. The van der Waals surface area contributed by atoms with Crippen molar-refractivity contribution in [2.75, 3.05) is 20.3 Å². The maximum atomic E-state index is 5.02. The van der Waals surface area contributed by atoms with Gasteiger partial charge in [0.05, 0.1) is 6.61 Å². The maximum absolute atomic E-state index is 5.02. The van der Waals surface area contributed by atoms with Crippen molar-refractivity contribution in [2.45, 2.75) is 31.7 Å². The Kier molecular flexibility index (Phi) is 2.66. The molecule has 0 spiro atoms. The Balaban J connectivity index is 1.69. The van der Waals surface area contributed by atoms with E-state index in [0.717, 1.165) is 31.0 Å². The molecule has 2 nitrogen and oxygen atoms in total. The van der Waals surface area contributed by atoms with E-state index in [2.05, 4.69) is 5.32 Å². The standard InChI is InChI=1S/C10H19NO/c1-12-5-4-11-10-7-8-2-3-9(10)6-8/h8-11H,2-7H2,1H3. The molecule has 0 aromatic rings. The van der Waals surface area contributed by atoms with Crippen LogP contribution in [0.1, 0.15) is 25.7 Å². The second kappa shape index (κ2) is 3.75. The van der Waals surface area contributed by atoms with E-state index in [9.17, 15) is 0 Å². The van der Waals surface area contributed by atoms with Gasteiger partial charge >= 0.3 is 0 Å². The predicted octanol–water partition coefficient (Wildman–Crippen LogP) is 1.41. The van der Waals surface area contributed by atoms with Crippen LogP contribution in [0.2, 0.25) is 0 Å². The van der Waals surface area contributed by atoms with E-state index < -0.39 is 0 Å². The zero-order valence-corrected chi connectivity index (χ0v) is 7.88. The zero-order chi connectivity index (χ0) is 8.39. The largest absolute Gasteiger partial charge is 0.383 e. The summed E-state index contributed by atoms with van der Waals surface area (Å²) in [6, 6.07) is 0.818. The molecular weight excluding hydrogens is 150 g/mol. The highest BCUT2D eigenvalue weighted by Crippen LogP contribution is 2.44. The third-order valence-electron chi connectivity index (χ3n) is 3.45. The van der Waals surface area contributed by atoms with Crippen molar-refractivity contribution >= 4 is 0 Å². The molecule has 0 aliphatic heterocycles. The van der Waals surface area contributed by atoms with Gasteiger partial charge in [0.15, 0.2) is 0 Å². The van der Waals surface area contributed by atoms with Crippen LogP contribution in [-0.4, -0.2) is 26.3 Å². The van der Waals surface area contributed by atoms with Crippen LogP contribution in [-0.2, 0) is 4.74 Å². The molecule has 70 valence electrons. The van der Waals surface area contributed by atoms with Gasteiger partial charge in [-0.3, -0.25) is 0 Å². The molecule has 0 radical (unpaired) electrons. The molecule has 3 atom stereocenters. The van der Waals surface area contributed by atoms with E-state index in [-0.39, 0.29) is 0 Å². The molecule has 2 saturated carbocycles. The minimum absolute atomic E-state index is 0.818. The predicted molar refractivity (Wildman–Crippen MR) is 49.1 cm³/mol. The molecule has 0 amide bonds. The first-order chi connectivity index (χ1) is 5.90. The molecule has 2 aliphatic carbocycles. The van der Waals surface area contributed by atoms with Crippen molar-refractivity contribution in [2.24, 2.45) is 11.8 Å². The Morgan fingerprint density at radius 2 is 2.25 bits per heavy atom. The molecule has 2 bridgehead atoms. The Bertz CT molecular complexity index is 149. The summed E-state index contributed by atoms with van der Waals surface area (Å²) >= 11 is 0. The van der Waals surface area contributed by atoms with Crippen LogP contribution in [0.4, 0.5) is 0 Å². The Morgan fingerprint density at radius 1 is 1.33 bits per heavy atom. The van der Waals surface area contributed by atoms with Crippen molar-refractivity contribution in [3.05, 3.63) is 0 Å². The van der Waals surface area contributed by atoms with Crippen molar-refractivity contribution < 1.29 is 4.74 Å². The van der Waals surface area contributed by atoms with E-state index in [0.29, 0.717) is 0 Å². The quantitative estimate of drug-likeness (QED) is 0.642. The van der Waals surface area contributed by atoms with Crippen LogP contribution in [0.3, 0.4) is 0 Å². The smallest absolute Gasteiger partial charge is 0.0587 e. The molecule has 2 fully saturated rings. The van der Waals surface area contributed by atoms with Crippen LogP contribution >= 0.6 is 0 Å². The summed E-state index contributed by atoms with van der Waals surface area (Å²) < 4.78 is 5.02. The van der Waals surface area contributed by atoms with Gasteiger partial charge in [-0.15, -0.1) is 0 Å². The average molecular weight is 169 g/mol. The van der Waals surface area contributed by atoms with Crippen LogP contribution in [0.15, 0.2) is 0 Å². The normalized spacial score (nSPS) is 39.2. The molecular formula is C10H19NO. The number of hydrogen-bond donors (Lipinski definition) is 1. The molecule has 2 heteroatoms. The number of hydrogen-bond acceptors (Lipinski definition) is 2. The monoisotopic (exact) mass is 169 g/mol. The van der Waals surface area contributed by atoms with E-state index in [4.69, 9.17) is 4.74 Å². The first kappa shape index (κ1) is 8.52. The van der Waals surface area contributed by atoms with Crippen molar-refractivity contribution in [1.82, 2.24) is 5.32 Å². The highest BCUT2D eigenvalue weighted by Gasteiger charge is 2.38. The number of fused-ring (bicyclic) bond motifs is 2. The molecule has 3 unspecified atom stereocenters. The number of nitrogens with one attached hydrogen (secondary N) is 1. The van der Waals surface area contributed by atoms with Gasteiger partial charge in [0.1, 0.15) is 0 Å². The Morgan fingerprint density at radius 3 is 2.83 bits per heavy atom. The van der Waals surface area contributed by atoms with Gasteiger partial charge < -0.3 is 10.1 Å². The minimum Gasteiger partial charge on any atom is -0.383 e. The van der Waals surface area contributed by atoms with Crippen LogP contribution < -0.4 is 5.32 Å². The molecule has 0 saturated heterocycles. The van der Waals surface area contributed by atoms with Gasteiger partial charge in [0.25, 0.3) is 0 Å². The third-order valence-corrected chi connectivity index (χ3v) is 3.45. The van der Waals surface area contributed by atoms with E-state index in [1.807, 2.05) is 0 Å². The van der Waals surface area contributed by atoms with Gasteiger partial charge in [0, 0.05) is 19.7 Å². The first-order valence-electron chi connectivity index (χ1n) is 5.12. The summed E-state index contributed by atoms with van der Waals surface area (Å²) in [5.74, 6) is 2.04. The second-order valence-corrected chi connectivity index (χ2v) is 4.23. The van der Waals surface area contributed by atoms with Gasteiger partial charge in [-0.05, 0) is 31.1 Å². The van der Waals surface area contributed by atoms with Crippen LogP contribution in [0.25, 0.3) is 0 Å². The van der Waals surface area contributed by atoms with E-state index in [1.165, 1.54) is 25.7 Å². The highest BCUT2D eigenvalue weighted by molar-refractivity contribution is 4.93. The third kappa shape index (κ3) is 1.64. The van der Waals surface area contributed by atoms with Crippen molar-refractivity contribution in [3.63, 3.8) is 0 Å². The number of methoxy groups -OCH3 is 1. The lowest BCUT2D eigenvalue weighted by Crippen LogP contribution is -2.35. The molecule has 1 N–H and O–H groups in total. The van der Waals surface area contributed by atoms with Crippen molar-refractivity contribution in [1.29, 1.82) is 0 Å². The zero-order valence-electron chi connectivity index (χ0n) is 7.88. The van der Waals surface area contributed by atoms with Gasteiger partial charge in [0.2, 0.25) is 0 Å². The number of ether oxygens (including phenoxy) is 1. The number of rotatable bonds is 4. The first-order valence-corrected chi connectivity index (χ1v) is 5.12. The molecule has 0 aromatic heterocycles. The summed E-state index contributed by atoms with van der Waals surface area (Å²) in [7, 11) is 1.77. The fourth-order valence-electron chi connectivity index (χ4n) is 2.84. The fourth-order valence-corrected chi connectivity index (χ4v) is 2.84. The Hall–Kier alpha value is -0.0800. The fraction of sp³-hybridized carbons (Fsp3) is 1.00. The van der Waals surface area contributed by atoms with Gasteiger partial charge in [-0.1, -0.05) is 6.42 Å². The summed E-state index contributed by atoms with van der Waals surface area (Å²) in [6.07, 6.45) is 5.88. The van der Waals surface area contributed by atoms with E-state index >= 15 is 0 Å². The molecule has 0 aromatic carbocycles. The second-order valence-electron chi connectivity index (χ2n) is 4.23. The molecule has 2 rings (SSSR count). The lowest BCUT2D eigenvalue weighted by atomic mass is 9.95. The van der Waals surface area contributed by atoms with Crippen LogP contribution in [0, 0.1) is 11.8 Å². The van der Waals surface area contributed by atoms with Gasteiger partial charge in [-0.2, -0.15) is 0 Å². The minimum atomic E-state index is 0.818. The maximum Gasteiger partial charge on any atom is 0.0587 e. The van der Waals surface area contributed by atoms with E-state index in [1.54, 1.807) is 7.11 Å². The topological polar surface area (TPSA) is 21.3 Å². The Labute approximate surface area is 74.7 Å². The highest BCUT2D eigenvalue weighted by atomic mass is 16.5. The molecule has 12 heavy (non-hydrogen) atoms. The SMILES string of the molecule is COCCNC1CC2CCC1C2. The van der Waals surface area contributed by atoms with Crippen LogP contribution in [0.5, 0.6) is 0 Å². The van der Waals surface area contributed by atoms with Gasteiger partial charge in [-0.25, -0.2) is 0 Å². The summed E-state index contributed by atoms with van der Waals surface area (Å²) in [4.78, 5) is 0. The lowest BCUT2D eigenvalue weighted by molar-refractivity contribution is 0.190. The summed E-state index contributed by atoms with van der Waals surface area (Å²) in [5.41, 5.74) is 0. The lowest BCUT2D eigenvalue weighted by Gasteiger charge is -2.22. The summed E-state index contributed by atoms with van der Waals surface area (Å²) in [5, 5.41) is 3.59. The molecule has 0 heterocycles.